The summed E-state index contributed by atoms with van der Waals surface area (Å²) in [5, 5.41) is 0. The van der Waals surface area contributed by atoms with Gasteiger partial charge in [0.15, 0.2) is 0 Å². The molecule has 0 aliphatic heterocycles. The zero-order valence-corrected chi connectivity index (χ0v) is 14.0. The molecule has 0 fully saturated rings. The zero-order chi connectivity index (χ0) is 13.6. The third-order valence-electron chi connectivity index (χ3n) is 3.42. The van der Waals surface area contributed by atoms with E-state index in [2.05, 4.69) is 52.0 Å². The highest BCUT2D eigenvalue weighted by molar-refractivity contribution is 7.26. The smallest absolute Gasteiger partial charge is 0.0449 e. The Labute approximate surface area is 126 Å². The monoisotopic (exact) mass is 304 g/mol. The molecule has 0 aliphatic carbocycles. The topological polar surface area (TPSA) is 0 Å². The summed E-state index contributed by atoms with van der Waals surface area (Å²) in [6.45, 7) is 8.78. The molecule has 0 aliphatic rings. The molecule has 3 heterocycles. The SMILES string of the molecule is Cc1cc(-c2ccc(-c3cc(C)c(C)s3)s2)sc1C. The van der Waals surface area contributed by atoms with Crippen molar-refractivity contribution in [3.8, 4) is 19.5 Å². The van der Waals surface area contributed by atoms with Crippen molar-refractivity contribution in [1.82, 2.24) is 0 Å². The molecule has 3 heteroatoms. The van der Waals surface area contributed by atoms with Gasteiger partial charge in [-0.15, -0.1) is 34.0 Å². The summed E-state index contributed by atoms with van der Waals surface area (Å²) >= 11 is 5.70. The normalized spacial score (nSPS) is 11.2. The molecule has 0 saturated heterocycles. The minimum Gasteiger partial charge on any atom is -0.139 e. The number of hydrogen-bond acceptors (Lipinski definition) is 3. The highest BCUT2D eigenvalue weighted by Gasteiger charge is 2.10. The Morgan fingerprint density at radius 2 is 1.00 bits per heavy atom. The van der Waals surface area contributed by atoms with Gasteiger partial charge in [-0.2, -0.15) is 0 Å². The standard InChI is InChI=1S/C16H16S3/c1-9-7-15(17-11(9)3)13-5-6-14(19-13)16-8-10(2)12(4)18-16/h5-8H,1-4H3. The number of thiophene rings is 3. The molecule has 0 saturated carbocycles. The Balaban J connectivity index is 1.99. The van der Waals surface area contributed by atoms with Crippen molar-refractivity contribution in [2.75, 3.05) is 0 Å². The Morgan fingerprint density at radius 1 is 0.579 bits per heavy atom. The van der Waals surface area contributed by atoms with Crippen LogP contribution in [0.1, 0.15) is 20.9 Å². The highest BCUT2D eigenvalue weighted by atomic mass is 32.1. The predicted octanol–water partition coefficient (Wildman–Crippen LogP) is 6.44. The number of aryl methyl sites for hydroxylation is 4. The summed E-state index contributed by atoms with van der Waals surface area (Å²) in [6, 6.07) is 9.13. The Kier molecular flexibility index (Phi) is 3.37. The van der Waals surface area contributed by atoms with Crippen LogP contribution < -0.4 is 0 Å². The van der Waals surface area contributed by atoms with Gasteiger partial charge in [-0.3, -0.25) is 0 Å². The molecule has 3 rings (SSSR count). The maximum atomic E-state index is 2.31. The second-order valence-corrected chi connectivity index (χ2v) is 8.46. The van der Waals surface area contributed by atoms with Gasteiger partial charge in [-0.05, 0) is 63.1 Å². The average Bonchev–Trinajstić information content (AvgIpc) is 3.03. The quantitative estimate of drug-likeness (QED) is 0.511. The molecule has 19 heavy (non-hydrogen) atoms. The second kappa shape index (κ2) is 4.89. The van der Waals surface area contributed by atoms with Crippen molar-refractivity contribution < 1.29 is 0 Å². The minimum absolute atomic E-state index is 1.39. The van der Waals surface area contributed by atoms with Crippen molar-refractivity contribution in [2.24, 2.45) is 0 Å². The zero-order valence-electron chi connectivity index (χ0n) is 11.5. The second-order valence-electron chi connectivity index (χ2n) is 4.86. The number of rotatable bonds is 2. The van der Waals surface area contributed by atoms with Crippen molar-refractivity contribution in [3.05, 3.63) is 45.1 Å². The van der Waals surface area contributed by atoms with Crippen LogP contribution in [0.4, 0.5) is 0 Å². The maximum absolute atomic E-state index is 2.31. The lowest BCUT2D eigenvalue weighted by molar-refractivity contribution is 1.44. The molecule has 0 aromatic carbocycles. The van der Waals surface area contributed by atoms with E-state index in [0.717, 1.165) is 0 Å². The fraction of sp³-hybridized carbons (Fsp3) is 0.250. The molecule has 0 N–H and O–H groups in total. The molecule has 0 unspecified atom stereocenters. The first-order chi connectivity index (χ1) is 9.04. The fourth-order valence-electron chi connectivity index (χ4n) is 1.99. The van der Waals surface area contributed by atoms with Crippen molar-refractivity contribution >= 4 is 34.0 Å². The summed E-state index contributed by atoms with van der Waals surface area (Å²) in [7, 11) is 0. The summed E-state index contributed by atoms with van der Waals surface area (Å²) in [4.78, 5) is 8.42. The molecule has 0 bridgehead atoms. The van der Waals surface area contributed by atoms with Crippen LogP contribution in [0.3, 0.4) is 0 Å². The first-order valence-corrected chi connectivity index (χ1v) is 8.74. The van der Waals surface area contributed by atoms with E-state index in [-0.39, 0.29) is 0 Å². The molecular formula is C16H16S3. The van der Waals surface area contributed by atoms with Crippen LogP contribution >= 0.6 is 34.0 Å². The fourth-order valence-corrected chi connectivity index (χ4v) is 5.23. The van der Waals surface area contributed by atoms with Gasteiger partial charge in [0.05, 0.1) is 0 Å². The van der Waals surface area contributed by atoms with Gasteiger partial charge >= 0.3 is 0 Å². The summed E-state index contributed by atoms with van der Waals surface area (Å²) in [6.07, 6.45) is 0. The highest BCUT2D eigenvalue weighted by Crippen LogP contribution is 2.41. The van der Waals surface area contributed by atoms with Crippen molar-refractivity contribution in [3.63, 3.8) is 0 Å². The first kappa shape index (κ1) is 13.1. The lowest BCUT2D eigenvalue weighted by atomic mass is 10.2. The molecule has 0 spiro atoms. The Hall–Kier alpha value is -0.900. The Bertz CT molecular complexity index is 625. The molecule has 0 radical (unpaired) electrons. The van der Waals surface area contributed by atoms with E-state index in [1.807, 2.05) is 34.0 Å². The maximum Gasteiger partial charge on any atom is 0.0449 e. The van der Waals surface area contributed by atoms with E-state index >= 15 is 0 Å². The first-order valence-electron chi connectivity index (χ1n) is 6.29. The van der Waals surface area contributed by atoms with Crippen LogP contribution in [-0.2, 0) is 0 Å². The summed E-state index contributed by atoms with van der Waals surface area (Å²) < 4.78 is 0. The third-order valence-corrected chi connectivity index (χ3v) is 7.21. The van der Waals surface area contributed by atoms with Crippen molar-refractivity contribution in [2.45, 2.75) is 27.7 Å². The molecule has 3 aromatic rings. The van der Waals surface area contributed by atoms with E-state index in [0.29, 0.717) is 0 Å². The lowest BCUT2D eigenvalue weighted by Gasteiger charge is -1.90. The van der Waals surface area contributed by atoms with E-state index in [1.54, 1.807) is 0 Å². The van der Waals surface area contributed by atoms with Gasteiger partial charge in [0.1, 0.15) is 0 Å². The molecule has 0 atom stereocenters. The average molecular weight is 305 g/mol. The van der Waals surface area contributed by atoms with Gasteiger partial charge in [-0.25, -0.2) is 0 Å². The van der Waals surface area contributed by atoms with E-state index < -0.39 is 0 Å². The summed E-state index contributed by atoms with van der Waals surface area (Å²) in [5.74, 6) is 0. The van der Waals surface area contributed by atoms with Crippen molar-refractivity contribution in [1.29, 1.82) is 0 Å². The molecular weight excluding hydrogens is 288 g/mol. The molecule has 98 valence electrons. The molecule has 3 aromatic heterocycles. The summed E-state index contributed by atoms with van der Waals surface area (Å²) in [5.41, 5.74) is 2.80. The lowest BCUT2D eigenvalue weighted by Crippen LogP contribution is -1.63. The van der Waals surface area contributed by atoms with Gasteiger partial charge in [0.2, 0.25) is 0 Å². The largest absolute Gasteiger partial charge is 0.139 e. The van der Waals surface area contributed by atoms with Crippen LogP contribution in [0.25, 0.3) is 19.5 Å². The van der Waals surface area contributed by atoms with Gasteiger partial charge in [0, 0.05) is 29.3 Å². The van der Waals surface area contributed by atoms with Gasteiger partial charge < -0.3 is 0 Å². The van der Waals surface area contributed by atoms with E-state index in [9.17, 15) is 0 Å². The molecule has 0 amide bonds. The minimum atomic E-state index is 1.39. The Morgan fingerprint density at radius 3 is 1.32 bits per heavy atom. The van der Waals surface area contributed by atoms with E-state index in [4.69, 9.17) is 0 Å². The third kappa shape index (κ3) is 2.42. The van der Waals surface area contributed by atoms with Crippen LogP contribution in [0.2, 0.25) is 0 Å². The van der Waals surface area contributed by atoms with Crippen LogP contribution in [-0.4, -0.2) is 0 Å². The van der Waals surface area contributed by atoms with Crippen LogP contribution in [0.5, 0.6) is 0 Å². The van der Waals surface area contributed by atoms with Crippen LogP contribution in [0.15, 0.2) is 24.3 Å². The van der Waals surface area contributed by atoms with Crippen LogP contribution in [0, 0.1) is 27.7 Å². The molecule has 0 nitrogen and oxygen atoms in total. The van der Waals surface area contributed by atoms with Gasteiger partial charge in [0.25, 0.3) is 0 Å². The predicted molar refractivity (Wildman–Crippen MR) is 89.9 cm³/mol. The van der Waals surface area contributed by atoms with Gasteiger partial charge in [-0.1, -0.05) is 0 Å². The van der Waals surface area contributed by atoms with E-state index in [1.165, 1.54) is 40.4 Å². The number of hydrogen-bond donors (Lipinski definition) is 0.